The molecule has 2 heterocycles. The summed E-state index contributed by atoms with van der Waals surface area (Å²) in [5.74, 6) is 0.618. The molecule has 0 bridgehead atoms. The average Bonchev–Trinajstić information content (AvgIpc) is 2.96. The Hall–Kier alpha value is -2.14. The summed E-state index contributed by atoms with van der Waals surface area (Å²) in [5, 5.41) is 8.08. The van der Waals surface area contributed by atoms with Gasteiger partial charge in [-0.15, -0.1) is 0 Å². The van der Waals surface area contributed by atoms with E-state index in [1.807, 2.05) is 30.8 Å². The van der Waals surface area contributed by atoms with Gasteiger partial charge in [-0.05, 0) is 70.7 Å². The van der Waals surface area contributed by atoms with Crippen LogP contribution in [-0.2, 0) is 6.54 Å². The van der Waals surface area contributed by atoms with Crippen LogP contribution in [0, 0.1) is 13.8 Å². The molecule has 1 aromatic carbocycles. The quantitative estimate of drug-likeness (QED) is 0.873. The molecule has 146 valence electrons. The third kappa shape index (κ3) is 4.24. The Morgan fingerprint density at radius 2 is 2.00 bits per heavy atom. The molecule has 1 fully saturated rings. The third-order valence-electron chi connectivity index (χ3n) is 5.63. The fourth-order valence-electron chi connectivity index (χ4n) is 3.99. The van der Waals surface area contributed by atoms with Crippen LogP contribution in [0.2, 0.25) is 0 Å². The van der Waals surface area contributed by atoms with Gasteiger partial charge in [0.15, 0.2) is 0 Å². The Labute approximate surface area is 162 Å². The first-order chi connectivity index (χ1) is 12.9. The number of piperidine rings is 1. The van der Waals surface area contributed by atoms with Gasteiger partial charge in [0.2, 0.25) is 0 Å². The molecule has 1 aromatic heterocycles. The molecule has 27 heavy (non-hydrogen) atoms. The topological polar surface area (TPSA) is 50.2 Å². The fourth-order valence-corrected chi connectivity index (χ4v) is 3.99. The summed E-state index contributed by atoms with van der Waals surface area (Å²) >= 11 is 0. The maximum atomic E-state index is 12.9. The molecule has 5 heteroatoms. The first kappa shape index (κ1) is 19.6. The Kier molecular flexibility index (Phi) is 6.00. The minimum absolute atomic E-state index is 0.0550. The van der Waals surface area contributed by atoms with Crippen molar-refractivity contribution in [1.82, 2.24) is 20.0 Å². The van der Waals surface area contributed by atoms with Crippen LogP contribution >= 0.6 is 0 Å². The van der Waals surface area contributed by atoms with Crippen LogP contribution < -0.4 is 5.32 Å². The molecule has 0 radical (unpaired) electrons. The maximum absolute atomic E-state index is 12.9. The minimum atomic E-state index is 0.0550. The van der Waals surface area contributed by atoms with E-state index in [1.165, 1.54) is 18.4 Å². The highest BCUT2D eigenvalue weighted by Crippen LogP contribution is 2.24. The van der Waals surface area contributed by atoms with Crippen LogP contribution in [0.1, 0.15) is 71.5 Å². The fraction of sp³-hybridized carbons (Fsp3) is 0.545. The first-order valence-corrected chi connectivity index (χ1v) is 9.99. The van der Waals surface area contributed by atoms with Crippen molar-refractivity contribution in [1.29, 1.82) is 0 Å². The molecule has 0 saturated carbocycles. The predicted octanol–water partition coefficient (Wildman–Crippen LogP) is 3.82. The van der Waals surface area contributed by atoms with Crippen molar-refractivity contribution in [3.05, 3.63) is 52.3 Å². The van der Waals surface area contributed by atoms with Gasteiger partial charge in [-0.25, -0.2) is 0 Å². The second-order valence-electron chi connectivity index (χ2n) is 8.01. The Bertz CT molecular complexity index is 785. The van der Waals surface area contributed by atoms with E-state index < -0.39 is 0 Å². The number of nitrogens with one attached hydrogen (secondary N) is 1. The molecule has 0 aliphatic carbocycles. The molecular weight excluding hydrogens is 336 g/mol. The number of benzene rings is 1. The van der Waals surface area contributed by atoms with Crippen molar-refractivity contribution in [3.8, 4) is 0 Å². The lowest BCUT2D eigenvalue weighted by atomic mass is 9.91. The second kappa shape index (κ2) is 8.26. The van der Waals surface area contributed by atoms with Crippen LogP contribution in [0.15, 0.2) is 24.3 Å². The molecule has 1 aliphatic rings. The molecule has 2 aromatic rings. The maximum Gasteiger partial charge on any atom is 0.253 e. The standard InChI is InChI=1S/C22H32N4O/c1-15(2)26-17(4)21(16(3)24-26)14-25(5)22(27)19-10-8-18(9-11-19)20-7-6-12-23-13-20/h8-11,15,20,23H,6-7,12-14H2,1-5H3. The number of rotatable bonds is 5. The number of aromatic nitrogens is 2. The van der Waals surface area contributed by atoms with Crippen LogP contribution in [0.25, 0.3) is 0 Å². The largest absolute Gasteiger partial charge is 0.337 e. The summed E-state index contributed by atoms with van der Waals surface area (Å²) in [5.41, 5.74) is 5.36. The van der Waals surface area contributed by atoms with Crippen LogP contribution in [-0.4, -0.2) is 40.7 Å². The molecule has 1 unspecified atom stereocenters. The summed E-state index contributed by atoms with van der Waals surface area (Å²) < 4.78 is 2.04. The van der Waals surface area contributed by atoms with Crippen molar-refractivity contribution in [3.63, 3.8) is 0 Å². The van der Waals surface area contributed by atoms with E-state index in [-0.39, 0.29) is 5.91 Å². The molecule has 1 atom stereocenters. The second-order valence-corrected chi connectivity index (χ2v) is 8.01. The van der Waals surface area contributed by atoms with Gasteiger partial charge in [0.1, 0.15) is 0 Å². The molecule has 0 spiro atoms. The highest BCUT2D eigenvalue weighted by Gasteiger charge is 2.19. The van der Waals surface area contributed by atoms with Gasteiger partial charge in [0, 0.05) is 43.0 Å². The normalized spacial score (nSPS) is 17.3. The summed E-state index contributed by atoms with van der Waals surface area (Å²) in [7, 11) is 1.87. The number of hydrogen-bond donors (Lipinski definition) is 1. The molecule has 1 N–H and O–H groups in total. The number of aryl methyl sites for hydroxylation is 1. The third-order valence-corrected chi connectivity index (χ3v) is 5.63. The Balaban J connectivity index is 1.70. The Morgan fingerprint density at radius 1 is 1.30 bits per heavy atom. The van der Waals surface area contributed by atoms with E-state index in [4.69, 9.17) is 0 Å². The number of carbonyl (C=O) groups is 1. The Morgan fingerprint density at radius 3 is 2.56 bits per heavy atom. The molecule has 5 nitrogen and oxygen atoms in total. The SMILES string of the molecule is Cc1nn(C(C)C)c(C)c1CN(C)C(=O)c1ccc(C2CCCNC2)cc1. The van der Waals surface area contributed by atoms with Crippen LogP contribution in [0.3, 0.4) is 0 Å². The summed E-state index contributed by atoms with van der Waals surface area (Å²) in [6.45, 7) is 11.1. The number of nitrogens with zero attached hydrogens (tertiary/aromatic N) is 3. The van der Waals surface area contributed by atoms with Crippen molar-refractivity contribution in [2.24, 2.45) is 0 Å². The summed E-state index contributed by atoms with van der Waals surface area (Å²) in [6.07, 6.45) is 2.44. The number of amides is 1. The molecular formula is C22H32N4O. The molecule has 1 aliphatic heterocycles. The monoisotopic (exact) mass is 368 g/mol. The van der Waals surface area contributed by atoms with Gasteiger partial charge in [-0.2, -0.15) is 5.10 Å². The van der Waals surface area contributed by atoms with Gasteiger partial charge < -0.3 is 10.2 Å². The average molecular weight is 369 g/mol. The lowest BCUT2D eigenvalue weighted by Gasteiger charge is -2.23. The van der Waals surface area contributed by atoms with E-state index in [1.54, 1.807) is 4.90 Å². The van der Waals surface area contributed by atoms with E-state index >= 15 is 0 Å². The summed E-state index contributed by atoms with van der Waals surface area (Å²) in [6, 6.07) is 8.50. The predicted molar refractivity (Wildman–Crippen MR) is 109 cm³/mol. The van der Waals surface area contributed by atoms with Gasteiger partial charge in [0.05, 0.1) is 5.69 Å². The van der Waals surface area contributed by atoms with Crippen LogP contribution in [0.4, 0.5) is 0 Å². The highest BCUT2D eigenvalue weighted by molar-refractivity contribution is 5.94. The molecule has 1 saturated heterocycles. The van der Waals surface area contributed by atoms with Crippen molar-refractivity contribution in [2.45, 2.75) is 59.0 Å². The minimum Gasteiger partial charge on any atom is -0.337 e. The lowest BCUT2D eigenvalue weighted by molar-refractivity contribution is 0.0784. The lowest BCUT2D eigenvalue weighted by Crippen LogP contribution is -2.28. The van der Waals surface area contributed by atoms with Crippen molar-refractivity contribution in [2.75, 3.05) is 20.1 Å². The number of hydrogen-bond acceptors (Lipinski definition) is 3. The van der Waals surface area contributed by atoms with Gasteiger partial charge >= 0.3 is 0 Å². The summed E-state index contributed by atoms with van der Waals surface area (Å²) in [4.78, 5) is 14.7. The van der Waals surface area contributed by atoms with Crippen molar-refractivity contribution < 1.29 is 4.79 Å². The van der Waals surface area contributed by atoms with Crippen molar-refractivity contribution >= 4 is 5.91 Å². The zero-order valence-electron chi connectivity index (χ0n) is 17.2. The van der Waals surface area contributed by atoms with E-state index in [0.29, 0.717) is 18.5 Å². The van der Waals surface area contributed by atoms with Gasteiger partial charge in [0.25, 0.3) is 5.91 Å². The van der Waals surface area contributed by atoms with Gasteiger partial charge in [-0.1, -0.05) is 12.1 Å². The van der Waals surface area contributed by atoms with Gasteiger partial charge in [-0.3, -0.25) is 9.48 Å². The highest BCUT2D eigenvalue weighted by atomic mass is 16.2. The van der Waals surface area contributed by atoms with E-state index in [2.05, 4.69) is 43.3 Å². The number of carbonyl (C=O) groups excluding carboxylic acids is 1. The molecule has 1 amide bonds. The zero-order valence-corrected chi connectivity index (χ0v) is 17.2. The smallest absolute Gasteiger partial charge is 0.253 e. The zero-order chi connectivity index (χ0) is 19.6. The van der Waals surface area contributed by atoms with E-state index in [9.17, 15) is 4.79 Å². The first-order valence-electron chi connectivity index (χ1n) is 9.99. The molecule has 3 rings (SSSR count). The van der Waals surface area contributed by atoms with E-state index in [0.717, 1.165) is 35.6 Å². The van der Waals surface area contributed by atoms with Crippen LogP contribution in [0.5, 0.6) is 0 Å².